The van der Waals surface area contributed by atoms with Gasteiger partial charge in [-0.3, -0.25) is 4.90 Å². The van der Waals surface area contributed by atoms with Crippen molar-refractivity contribution >= 4 is 27.5 Å². The Morgan fingerprint density at radius 3 is 3.06 bits per heavy atom. The zero-order valence-corrected chi connectivity index (χ0v) is 12.7. The number of hydrogen-bond donors (Lipinski definition) is 0. The zero-order chi connectivity index (χ0) is 13.0. The van der Waals surface area contributed by atoms with Crippen LogP contribution in [-0.4, -0.2) is 23.4 Å². The highest BCUT2D eigenvalue weighted by molar-refractivity contribution is 9.10. The minimum atomic E-state index is -0.110. The summed E-state index contributed by atoms with van der Waals surface area (Å²) in [5.41, 5.74) is 0.780. The van der Waals surface area contributed by atoms with E-state index in [1.807, 2.05) is 6.07 Å². The fourth-order valence-corrected chi connectivity index (χ4v) is 3.19. The van der Waals surface area contributed by atoms with Crippen LogP contribution in [0.3, 0.4) is 0 Å². The number of benzene rings is 1. The molecule has 1 heterocycles. The number of alkyl halides is 1. The molecule has 1 aromatic carbocycles. The van der Waals surface area contributed by atoms with Crippen LogP contribution < -0.4 is 0 Å². The summed E-state index contributed by atoms with van der Waals surface area (Å²) in [6.45, 7) is 1.77. The maximum absolute atomic E-state index is 13.7. The molecule has 1 aromatic rings. The summed E-state index contributed by atoms with van der Waals surface area (Å²) < 4.78 is 14.7. The number of hydrogen-bond acceptors (Lipinski definition) is 1. The lowest BCUT2D eigenvalue weighted by Crippen LogP contribution is -2.29. The van der Waals surface area contributed by atoms with Gasteiger partial charge in [-0.15, -0.1) is 11.6 Å². The highest BCUT2D eigenvalue weighted by Crippen LogP contribution is 2.25. The number of nitrogens with zero attached hydrogens (tertiary/aromatic N) is 1. The molecule has 0 aromatic heterocycles. The standard InChI is InChI=1S/C14H18BrClFN/c15-12-5-6-14(17)11(9-12)10-18-8-2-4-13(18)3-1-7-16/h5-6,9,13H,1-4,7-8,10H2. The molecule has 1 fully saturated rings. The highest BCUT2D eigenvalue weighted by Gasteiger charge is 2.24. The zero-order valence-electron chi connectivity index (χ0n) is 10.3. The first-order chi connectivity index (χ1) is 8.70. The molecular formula is C14H18BrClFN. The molecule has 1 saturated heterocycles. The van der Waals surface area contributed by atoms with Crippen LogP contribution in [0.15, 0.2) is 22.7 Å². The molecule has 0 saturated carbocycles. The summed E-state index contributed by atoms with van der Waals surface area (Å²) in [5, 5.41) is 0. The molecule has 18 heavy (non-hydrogen) atoms. The van der Waals surface area contributed by atoms with Gasteiger partial charge >= 0.3 is 0 Å². The van der Waals surface area contributed by atoms with Gasteiger partial charge in [0.1, 0.15) is 5.82 Å². The molecule has 1 atom stereocenters. The molecule has 1 unspecified atom stereocenters. The van der Waals surface area contributed by atoms with Crippen molar-refractivity contribution in [1.82, 2.24) is 4.90 Å². The molecule has 4 heteroatoms. The van der Waals surface area contributed by atoms with Gasteiger partial charge in [-0.1, -0.05) is 15.9 Å². The van der Waals surface area contributed by atoms with Crippen molar-refractivity contribution in [2.75, 3.05) is 12.4 Å². The van der Waals surface area contributed by atoms with Crippen LogP contribution in [0, 0.1) is 5.82 Å². The minimum Gasteiger partial charge on any atom is -0.296 e. The molecular weight excluding hydrogens is 317 g/mol. The van der Waals surface area contributed by atoms with Crippen molar-refractivity contribution in [3.05, 3.63) is 34.1 Å². The summed E-state index contributed by atoms with van der Waals surface area (Å²) in [6, 6.07) is 5.73. The monoisotopic (exact) mass is 333 g/mol. The minimum absolute atomic E-state index is 0.110. The highest BCUT2D eigenvalue weighted by atomic mass is 79.9. The number of halogens is 3. The molecule has 100 valence electrons. The molecule has 2 rings (SSSR count). The van der Waals surface area contributed by atoms with E-state index in [4.69, 9.17) is 11.6 Å². The fraction of sp³-hybridized carbons (Fsp3) is 0.571. The Hall–Kier alpha value is -0.120. The topological polar surface area (TPSA) is 3.24 Å². The third-order valence-electron chi connectivity index (χ3n) is 3.55. The molecule has 0 aliphatic carbocycles. The van der Waals surface area contributed by atoms with Crippen molar-refractivity contribution < 1.29 is 4.39 Å². The van der Waals surface area contributed by atoms with Gasteiger partial charge in [0.15, 0.2) is 0 Å². The molecule has 0 bridgehead atoms. The summed E-state index contributed by atoms with van der Waals surface area (Å²) >= 11 is 9.15. The lowest BCUT2D eigenvalue weighted by atomic mass is 10.1. The van der Waals surface area contributed by atoms with Gasteiger partial charge in [0, 0.05) is 28.5 Å². The Labute approximate surface area is 121 Å². The van der Waals surface area contributed by atoms with E-state index in [0.29, 0.717) is 12.6 Å². The van der Waals surface area contributed by atoms with Gasteiger partial charge < -0.3 is 0 Å². The van der Waals surface area contributed by atoms with Crippen molar-refractivity contribution in [3.63, 3.8) is 0 Å². The van der Waals surface area contributed by atoms with Gasteiger partial charge in [-0.05, 0) is 50.4 Å². The summed E-state index contributed by atoms with van der Waals surface area (Å²) in [6.07, 6.45) is 4.60. The predicted octanol–water partition coefficient (Wildman–Crippen LogP) is 4.57. The van der Waals surface area contributed by atoms with E-state index < -0.39 is 0 Å². The van der Waals surface area contributed by atoms with Crippen molar-refractivity contribution in [2.24, 2.45) is 0 Å². The average molecular weight is 335 g/mol. The summed E-state index contributed by atoms with van der Waals surface area (Å²) in [5.74, 6) is 0.608. The Kier molecular flexibility index (Phi) is 5.46. The van der Waals surface area contributed by atoms with E-state index in [0.717, 1.165) is 35.3 Å². The van der Waals surface area contributed by atoms with E-state index in [1.54, 1.807) is 6.07 Å². The third kappa shape index (κ3) is 3.69. The predicted molar refractivity (Wildman–Crippen MR) is 77.5 cm³/mol. The molecule has 0 spiro atoms. The van der Waals surface area contributed by atoms with E-state index >= 15 is 0 Å². The molecule has 0 amide bonds. The van der Waals surface area contributed by atoms with Gasteiger partial charge in [-0.2, -0.15) is 0 Å². The normalized spacial score (nSPS) is 20.5. The lowest BCUT2D eigenvalue weighted by Gasteiger charge is -2.24. The van der Waals surface area contributed by atoms with E-state index in [1.165, 1.54) is 18.9 Å². The second-order valence-electron chi connectivity index (χ2n) is 4.83. The van der Waals surface area contributed by atoms with Gasteiger partial charge in [-0.25, -0.2) is 4.39 Å². The van der Waals surface area contributed by atoms with Crippen LogP contribution in [0.5, 0.6) is 0 Å². The lowest BCUT2D eigenvalue weighted by molar-refractivity contribution is 0.231. The number of rotatable bonds is 5. The average Bonchev–Trinajstić information content (AvgIpc) is 2.79. The Bertz CT molecular complexity index is 399. The van der Waals surface area contributed by atoms with Crippen molar-refractivity contribution in [1.29, 1.82) is 0 Å². The first-order valence-corrected chi connectivity index (χ1v) is 7.77. The second kappa shape index (κ2) is 6.88. The van der Waals surface area contributed by atoms with Gasteiger partial charge in [0.2, 0.25) is 0 Å². The van der Waals surface area contributed by atoms with E-state index in [9.17, 15) is 4.39 Å². The maximum atomic E-state index is 13.7. The van der Waals surface area contributed by atoms with Gasteiger partial charge in [0.05, 0.1) is 0 Å². The molecule has 1 nitrogen and oxygen atoms in total. The first kappa shape index (κ1) is 14.3. The van der Waals surface area contributed by atoms with Crippen LogP contribution in [0.2, 0.25) is 0 Å². The Balaban J connectivity index is 2.01. The third-order valence-corrected chi connectivity index (χ3v) is 4.31. The van der Waals surface area contributed by atoms with Crippen LogP contribution in [0.25, 0.3) is 0 Å². The molecule has 1 aliphatic heterocycles. The fourth-order valence-electron chi connectivity index (χ4n) is 2.63. The second-order valence-corrected chi connectivity index (χ2v) is 6.13. The van der Waals surface area contributed by atoms with Crippen molar-refractivity contribution in [2.45, 2.75) is 38.3 Å². The molecule has 1 aliphatic rings. The largest absolute Gasteiger partial charge is 0.296 e. The van der Waals surface area contributed by atoms with Crippen molar-refractivity contribution in [3.8, 4) is 0 Å². The SMILES string of the molecule is Fc1ccc(Br)cc1CN1CCCC1CCCCl. The summed E-state index contributed by atoms with van der Waals surface area (Å²) in [4.78, 5) is 2.39. The summed E-state index contributed by atoms with van der Waals surface area (Å²) in [7, 11) is 0. The Morgan fingerprint density at radius 2 is 2.28 bits per heavy atom. The van der Waals surface area contributed by atoms with Gasteiger partial charge in [0.25, 0.3) is 0 Å². The molecule has 0 radical (unpaired) electrons. The maximum Gasteiger partial charge on any atom is 0.127 e. The smallest absolute Gasteiger partial charge is 0.127 e. The van der Waals surface area contributed by atoms with Crippen LogP contribution in [-0.2, 0) is 6.54 Å². The quantitative estimate of drug-likeness (QED) is 0.713. The Morgan fingerprint density at radius 1 is 1.44 bits per heavy atom. The first-order valence-electron chi connectivity index (χ1n) is 6.44. The van der Waals surface area contributed by atoms with E-state index in [2.05, 4.69) is 20.8 Å². The van der Waals surface area contributed by atoms with E-state index in [-0.39, 0.29) is 5.82 Å². The van der Waals surface area contributed by atoms with Crippen LogP contribution >= 0.6 is 27.5 Å². The molecule has 0 N–H and O–H groups in total. The van der Waals surface area contributed by atoms with Crippen LogP contribution in [0.4, 0.5) is 4.39 Å². The number of likely N-dealkylation sites (tertiary alicyclic amines) is 1. The van der Waals surface area contributed by atoms with Crippen LogP contribution in [0.1, 0.15) is 31.2 Å².